The maximum atomic E-state index is 14.3. The Balaban J connectivity index is 1.37. The van der Waals surface area contributed by atoms with Gasteiger partial charge in [-0.1, -0.05) is 0 Å². The number of nitrogens with zero attached hydrogens (tertiary/aromatic N) is 2. The monoisotopic (exact) mass is 655 g/mol. The average molecular weight is 656 g/mol. The third-order valence-electron chi connectivity index (χ3n) is 8.67. The molecule has 1 unspecified atom stereocenters. The van der Waals surface area contributed by atoms with Crippen molar-refractivity contribution in [1.82, 2.24) is 10.3 Å². The number of hydrogen-bond donors (Lipinski definition) is 1. The molecule has 0 bridgehead atoms. The molecule has 1 amide bonds. The van der Waals surface area contributed by atoms with Crippen LogP contribution in [0.25, 0.3) is 0 Å². The molecule has 2 aliphatic heterocycles. The van der Waals surface area contributed by atoms with E-state index in [0.29, 0.717) is 17.8 Å². The Kier molecular flexibility index (Phi) is 7.26. The number of hydrogen-bond acceptors (Lipinski definition) is 6. The first-order chi connectivity index (χ1) is 20.6. The van der Waals surface area contributed by atoms with E-state index in [4.69, 9.17) is 0 Å². The van der Waals surface area contributed by atoms with E-state index in [9.17, 15) is 43.6 Å². The van der Waals surface area contributed by atoms with Gasteiger partial charge in [-0.25, -0.2) is 25.6 Å². The molecule has 1 saturated carbocycles. The van der Waals surface area contributed by atoms with Gasteiger partial charge in [0, 0.05) is 17.2 Å². The largest absolute Gasteiger partial charge is 0.417 e. The number of rotatable bonds is 6. The number of sulfonamides is 1. The number of carbonyl (C=O) groups is 1. The zero-order chi connectivity index (χ0) is 31.7. The van der Waals surface area contributed by atoms with Gasteiger partial charge in [-0.15, -0.1) is 0 Å². The van der Waals surface area contributed by atoms with Crippen LogP contribution < -0.4 is 9.62 Å². The Morgan fingerprint density at radius 2 is 1.68 bits per heavy atom. The van der Waals surface area contributed by atoms with Crippen molar-refractivity contribution in [2.45, 2.75) is 54.8 Å². The van der Waals surface area contributed by atoms with Gasteiger partial charge in [0.05, 0.1) is 45.9 Å². The molecule has 1 atom stereocenters. The number of fused-ring (bicyclic) bond motifs is 2. The summed E-state index contributed by atoms with van der Waals surface area (Å²) in [6.07, 6.45) is -2.61. The number of pyridine rings is 1. The minimum Gasteiger partial charge on any atom is -0.346 e. The Hall–Kier alpha value is -3.59. The fraction of sp³-hybridized carbons (Fsp3) is 0.379. The van der Waals surface area contributed by atoms with Crippen LogP contribution in [0.5, 0.6) is 0 Å². The van der Waals surface area contributed by atoms with E-state index < -0.39 is 72.8 Å². The Bertz CT molecular complexity index is 1850. The van der Waals surface area contributed by atoms with Crippen molar-refractivity contribution in [3.63, 3.8) is 0 Å². The molecule has 3 heterocycles. The smallest absolute Gasteiger partial charge is 0.346 e. The molecule has 8 nitrogen and oxygen atoms in total. The lowest BCUT2D eigenvalue weighted by Gasteiger charge is -2.41. The van der Waals surface area contributed by atoms with Crippen LogP contribution in [0, 0.1) is 17.6 Å². The topological polar surface area (TPSA) is 114 Å². The van der Waals surface area contributed by atoms with Crippen LogP contribution in [-0.4, -0.2) is 45.3 Å². The second-order valence-electron chi connectivity index (χ2n) is 11.4. The van der Waals surface area contributed by atoms with Gasteiger partial charge in [-0.3, -0.25) is 14.1 Å². The summed E-state index contributed by atoms with van der Waals surface area (Å²) in [6.45, 7) is -0.515. The minimum absolute atomic E-state index is 0.0653. The predicted octanol–water partition coefficient (Wildman–Crippen LogP) is 4.74. The van der Waals surface area contributed by atoms with E-state index in [1.807, 2.05) is 0 Å². The van der Waals surface area contributed by atoms with E-state index in [0.717, 1.165) is 25.0 Å². The van der Waals surface area contributed by atoms with E-state index in [1.165, 1.54) is 34.6 Å². The summed E-state index contributed by atoms with van der Waals surface area (Å²) in [7, 11) is -7.61. The van der Waals surface area contributed by atoms with Crippen LogP contribution in [0.1, 0.15) is 52.9 Å². The molecule has 1 saturated heterocycles. The van der Waals surface area contributed by atoms with Gasteiger partial charge in [0.15, 0.2) is 0 Å². The number of benzene rings is 2. The summed E-state index contributed by atoms with van der Waals surface area (Å²) < 4.78 is 121. The number of anilines is 1. The molecule has 44 heavy (non-hydrogen) atoms. The molecule has 2 aromatic carbocycles. The highest BCUT2D eigenvalue weighted by Gasteiger charge is 2.60. The number of carbonyl (C=O) groups excluding carboxylic acids is 1. The normalized spacial score (nSPS) is 20.8. The first-order valence-corrected chi connectivity index (χ1v) is 17.0. The molecule has 6 rings (SSSR count). The summed E-state index contributed by atoms with van der Waals surface area (Å²) in [5.41, 5.74) is -1.76. The highest BCUT2D eigenvalue weighted by molar-refractivity contribution is 7.93. The number of halogens is 5. The molecule has 3 aliphatic rings. The number of aromatic nitrogens is 1. The molecule has 234 valence electrons. The van der Waals surface area contributed by atoms with Crippen LogP contribution >= 0.6 is 0 Å². The van der Waals surface area contributed by atoms with Crippen LogP contribution in [0.4, 0.5) is 27.6 Å². The molecule has 1 aromatic heterocycles. The molecule has 1 N–H and O–H groups in total. The second-order valence-corrected chi connectivity index (χ2v) is 15.5. The Morgan fingerprint density at radius 1 is 1.02 bits per heavy atom. The Morgan fingerprint density at radius 3 is 2.27 bits per heavy atom. The quantitative estimate of drug-likeness (QED) is 0.384. The summed E-state index contributed by atoms with van der Waals surface area (Å²) in [4.78, 5) is 16.5. The first-order valence-electron chi connectivity index (χ1n) is 13.8. The lowest BCUT2D eigenvalue weighted by molar-refractivity contribution is -0.138. The van der Waals surface area contributed by atoms with Crippen molar-refractivity contribution in [3.05, 3.63) is 88.7 Å². The lowest BCUT2D eigenvalue weighted by atomic mass is 9.70. The van der Waals surface area contributed by atoms with Crippen LogP contribution in [0.3, 0.4) is 0 Å². The highest BCUT2D eigenvalue weighted by atomic mass is 32.2. The average Bonchev–Trinajstić information content (AvgIpc) is 3.76. The van der Waals surface area contributed by atoms with Gasteiger partial charge in [0.25, 0.3) is 15.9 Å². The minimum atomic E-state index is -4.79. The number of sulfone groups is 1. The van der Waals surface area contributed by atoms with Gasteiger partial charge < -0.3 is 5.32 Å². The summed E-state index contributed by atoms with van der Waals surface area (Å²) >= 11 is 0. The fourth-order valence-corrected chi connectivity index (χ4v) is 9.69. The molecule has 3 aromatic rings. The maximum absolute atomic E-state index is 14.3. The van der Waals surface area contributed by atoms with Crippen molar-refractivity contribution in [3.8, 4) is 0 Å². The third-order valence-corrected chi connectivity index (χ3v) is 12.1. The summed E-state index contributed by atoms with van der Waals surface area (Å²) in [5, 5.41) is 2.44. The standard InChI is InChI=1S/C29H26F5N3O5S2/c30-20-4-6-21(7-5-20)44(41,42)37-25-8-3-18(27(38)36-16-24-23(31)14-19(15-35-24)29(32,33)34)13-22(25)28(26(37)17-1-2-17)9-11-43(39,40)12-10-28/h3-8,13-15,17,26H,1-2,9-12,16H2,(H,36,38). The van der Waals surface area contributed by atoms with Gasteiger partial charge in [-0.05, 0) is 85.7 Å². The van der Waals surface area contributed by atoms with E-state index >= 15 is 0 Å². The SMILES string of the molecule is O=C(NCc1ncc(C(F)(F)F)cc1F)c1ccc2c(c1)C1(CCS(=O)(=O)CC1)C(C1CC1)N2S(=O)(=O)c1ccc(F)cc1. The molecule has 0 radical (unpaired) electrons. The van der Waals surface area contributed by atoms with Crippen molar-refractivity contribution in [2.75, 3.05) is 15.8 Å². The van der Waals surface area contributed by atoms with Crippen LogP contribution in [0.2, 0.25) is 0 Å². The van der Waals surface area contributed by atoms with Crippen molar-refractivity contribution in [1.29, 1.82) is 0 Å². The highest BCUT2D eigenvalue weighted by Crippen LogP contribution is 2.59. The second kappa shape index (κ2) is 10.5. The van der Waals surface area contributed by atoms with E-state index in [1.54, 1.807) is 0 Å². The summed E-state index contributed by atoms with van der Waals surface area (Å²) in [6, 6.07) is 8.43. The van der Waals surface area contributed by atoms with Crippen molar-refractivity contribution < 1.29 is 43.6 Å². The number of nitrogens with one attached hydrogen (secondary N) is 1. The fourth-order valence-electron chi connectivity index (χ4n) is 6.34. The zero-order valence-corrected chi connectivity index (χ0v) is 24.6. The summed E-state index contributed by atoms with van der Waals surface area (Å²) in [5.74, 6) is -2.98. The van der Waals surface area contributed by atoms with E-state index in [-0.39, 0.29) is 46.4 Å². The first kappa shape index (κ1) is 30.4. The molecule has 2 fully saturated rings. The third kappa shape index (κ3) is 5.33. The van der Waals surface area contributed by atoms with Crippen molar-refractivity contribution >= 4 is 31.5 Å². The molecule has 1 aliphatic carbocycles. The Labute approximate surface area is 250 Å². The van der Waals surface area contributed by atoms with E-state index in [2.05, 4.69) is 10.3 Å². The maximum Gasteiger partial charge on any atom is 0.417 e. The van der Waals surface area contributed by atoms with Gasteiger partial charge in [0.2, 0.25) is 0 Å². The number of alkyl halides is 3. The molecule has 1 spiro atoms. The zero-order valence-electron chi connectivity index (χ0n) is 22.9. The molecular weight excluding hydrogens is 629 g/mol. The van der Waals surface area contributed by atoms with Gasteiger partial charge in [-0.2, -0.15) is 13.2 Å². The van der Waals surface area contributed by atoms with Crippen LogP contribution in [0.15, 0.2) is 59.6 Å². The lowest BCUT2D eigenvalue weighted by Crippen LogP contribution is -2.52. The van der Waals surface area contributed by atoms with Gasteiger partial charge >= 0.3 is 6.18 Å². The van der Waals surface area contributed by atoms with Crippen LogP contribution in [-0.2, 0) is 38.0 Å². The van der Waals surface area contributed by atoms with Gasteiger partial charge in [0.1, 0.15) is 21.5 Å². The predicted molar refractivity (Wildman–Crippen MR) is 149 cm³/mol. The number of amides is 1. The molecule has 15 heteroatoms. The van der Waals surface area contributed by atoms with Crippen molar-refractivity contribution in [2.24, 2.45) is 5.92 Å². The molecular formula is C29H26F5N3O5S2.